The van der Waals surface area contributed by atoms with Gasteiger partial charge < -0.3 is 9.47 Å². The minimum absolute atomic E-state index is 0.152. The van der Waals surface area contributed by atoms with E-state index in [2.05, 4.69) is 15.9 Å². The van der Waals surface area contributed by atoms with Gasteiger partial charge in [-0.05, 0) is 30.7 Å². The van der Waals surface area contributed by atoms with E-state index in [9.17, 15) is 4.79 Å². The van der Waals surface area contributed by atoms with E-state index in [1.165, 1.54) is 7.11 Å². The first-order valence-electron chi connectivity index (χ1n) is 6.21. The van der Waals surface area contributed by atoms with Crippen molar-refractivity contribution < 1.29 is 14.3 Å². The second-order valence-electron chi connectivity index (χ2n) is 4.30. The van der Waals surface area contributed by atoms with Crippen LogP contribution in [0.5, 0.6) is 5.75 Å². The Balaban J connectivity index is 2.27. The molecule has 0 aromatic heterocycles. The first kappa shape index (κ1) is 14.6. The second-order valence-corrected chi connectivity index (χ2v) is 5.22. The van der Waals surface area contributed by atoms with Gasteiger partial charge in [-0.25, -0.2) is 4.79 Å². The second kappa shape index (κ2) is 6.57. The van der Waals surface area contributed by atoms with Crippen LogP contribution in [0.15, 0.2) is 53.0 Å². The number of halogens is 1. The SMILES string of the molecule is COC(=O)c1cc(Br)ccc1OC(C)c1ccccc1. The third-order valence-corrected chi connectivity index (χ3v) is 3.41. The molecular formula is C16H15BrO3. The molecule has 0 heterocycles. The van der Waals surface area contributed by atoms with Crippen molar-refractivity contribution >= 4 is 21.9 Å². The molecule has 2 aromatic rings. The quantitative estimate of drug-likeness (QED) is 0.778. The number of carbonyl (C=O) groups is 1. The van der Waals surface area contributed by atoms with E-state index < -0.39 is 5.97 Å². The maximum Gasteiger partial charge on any atom is 0.341 e. The van der Waals surface area contributed by atoms with E-state index in [0.29, 0.717) is 11.3 Å². The summed E-state index contributed by atoms with van der Waals surface area (Å²) in [6.07, 6.45) is -0.152. The molecule has 0 N–H and O–H groups in total. The Morgan fingerprint density at radius 3 is 2.50 bits per heavy atom. The molecule has 104 valence electrons. The standard InChI is InChI=1S/C16H15BrO3/c1-11(12-6-4-3-5-7-12)20-15-9-8-13(17)10-14(15)16(18)19-2/h3-11H,1-2H3. The van der Waals surface area contributed by atoms with E-state index >= 15 is 0 Å². The number of ether oxygens (including phenoxy) is 2. The number of carbonyl (C=O) groups excluding carboxylic acids is 1. The molecule has 20 heavy (non-hydrogen) atoms. The molecule has 1 atom stereocenters. The summed E-state index contributed by atoms with van der Waals surface area (Å²) in [5.41, 5.74) is 1.45. The first-order chi connectivity index (χ1) is 9.61. The largest absolute Gasteiger partial charge is 0.485 e. The average molecular weight is 335 g/mol. The molecule has 0 spiro atoms. The minimum Gasteiger partial charge on any atom is -0.485 e. The van der Waals surface area contributed by atoms with Crippen LogP contribution in [-0.2, 0) is 4.74 Å². The van der Waals surface area contributed by atoms with Crippen LogP contribution in [-0.4, -0.2) is 13.1 Å². The van der Waals surface area contributed by atoms with E-state index in [-0.39, 0.29) is 6.10 Å². The number of rotatable bonds is 4. The molecule has 0 amide bonds. The Kier molecular flexibility index (Phi) is 4.79. The maximum absolute atomic E-state index is 11.8. The van der Waals surface area contributed by atoms with Crippen LogP contribution in [0, 0.1) is 0 Å². The molecule has 3 nitrogen and oxygen atoms in total. The molecule has 2 aromatic carbocycles. The Labute approximate surface area is 126 Å². The predicted octanol–water partition coefficient (Wildman–Crippen LogP) is 4.38. The van der Waals surface area contributed by atoms with Gasteiger partial charge in [0, 0.05) is 4.47 Å². The molecule has 2 rings (SSSR count). The fraction of sp³-hybridized carbons (Fsp3) is 0.188. The lowest BCUT2D eigenvalue weighted by molar-refractivity contribution is 0.0593. The lowest BCUT2D eigenvalue weighted by Crippen LogP contribution is -2.09. The number of benzene rings is 2. The molecular weight excluding hydrogens is 320 g/mol. The maximum atomic E-state index is 11.8. The normalized spacial score (nSPS) is 11.8. The van der Waals surface area contributed by atoms with E-state index in [1.807, 2.05) is 43.3 Å². The molecule has 0 fully saturated rings. The summed E-state index contributed by atoms with van der Waals surface area (Å²) in [5.74, 6) is 0.0953. The van der Waals surface area contributed by atoms with E-state index in [4.69, 9.17) is 9.47 Å². The van der Waals surface area contributed by atoms with Crippen molar-refractivity contribution in [3.8, 4) is 5.75 Å². The van der Waals surface area contributed by atoms with Gasteiger partial charge in [-0.2, -0.15) is 0 Å². The van der Waals surface area contributed by atoms with Crippen molar-refractivity contribution in [2.45, 2.75) is 13.0 Å². The van der Waals surface area contributed by atoms with Gasteiger partial charge in [0.05, 0.1) is 7.11 Å². The summed E-state index contributed by atoms with van der Waals surface area (Å²) in [7, 11) is 1.35. The van der Waals surface area contributed by atoms with Gasteiger partial charge in [-0.15, -0.1) is 0 Å². The molecule has 0 radical (unpaired) electrons. The summed E-state index contributed by atoms with van der Waals surface area (Å²) < 4.78 is 11.5. The molecule has 0 aliphatic carbocycles. The highest BCUT2D eigenvalue weighted by molar-refractivity contribution is 9.10. The summed E-state index contributed by atoms with van der Waals surface area (Å²) in [4.78, 5) is 11.8. The summed E-state index contributed by atoms with van der Waals surface area (Å²) in [6, 6.07) is 15.1. The van der Waals surface area contributed by atoms with Crippen molar-refractivity contribution in [1.82, 2.24) is 0 Å². The Bertz CT molecular complexity index is 596. The van der Waals surface area contributed by atoms with Gasteiger partial charge >= 0.3 is 5.97 Å². The fourth-order valence-corrected chi connectivity index (χ4v) is 2.22. The first-order valence-corrected chi connectivity index (χ1v) is 7.00. The predicted molar refractivity (Wildman–Crippen MR) is 81.0 cm³/mol. The van der Waals surface area contributed by atoms with E-state index in [1.54, 1.807) is 12.1 Å². The van der Waals surface area contributed by atoms with Gasteiger partial charge in [0.1, 0.15) is 17.4 Å². The summed E-state index contributed by atoms with van der Waals surface area (Å²) in [6.45, 7) is 1.94. The van der Waals surface area contributed by atoms with Crippen molar-refractivity contribution in [2.24, 2.45) is 0 Å². The molecule has 0 bridgehead atoms. The highest BCUT2D eigenvalue weighted by Gasteiger charge is 2.16. The van der Waals surface area contributed by atoms with Crippen LogP contribution in [0.25, 0.3) is 0 Å². The Hall–Kier alpha value is -1.81. The van der Waals surface area contributed by atoms with Crippen molar-refractivity contribution in [3.05, 3.63) is 64.1 Å². The van der Waals surface area contributed by atoms with Crippen LogP contribution < -0.4 is 4.74 Å². The van der Waals surface area contributed by atoms with Gasteiger partial charge in [0.15, 0.2) is 0 Å². The van der Waals surface area contributed by atoms with Crippen LogP contribution >= 0.6 is 15.9 Å². The van der Waals surface area contributed by atoms with Crippen LogP contribution in [0.2, 0.25) is 0 Å². The molecule has 4 heteroatoms. The zero-order valence-corrected chi connectivity index (χ0v) is 12.9. The average Bonchev–Trinajstić information content (AvgIpc) is 2.49. The van der Waals surface area contributed by atoms with E-state index in [0.717, 1.165) is 10.0 Å². The van der Waals surface area contributed by atoms with Crippen LogP contribution in [0.4, 0.5) is 0 Å². The number of hydrogen-bond acceptors (Lipinski definition) is 3. The van der Waals surface area contributed by atoms with Crippen molar-refractivity contribution in [3.63, 3.8) is 0 Å². The molecule has 0 saturated carbocycles. The number of hydrogen-bond donors (Lipinski definition) is 0. The smallest absolute Gasteiger partial charge is 0.341 e. The van der Waals surface area contributed by atoms with Crippen molar-refractivity contribution in [2.75, 3.05) is 7.11 Å². The van der Waals surface area contributed by atoms with Gasteiger partial charge in [-0.3, -0.25) is 0 Å². The summed E-state index contributed by atoms with van der Waals surface area (Å²) in [5, 5.41) is 0. The third-order valence-electron chi connectivity index (χ3n) is 2.92. The third kappa shape index (κ3) is 3.39. The van der Waals surface area contributed by atoms with Gasteiger partial charge in [0.2, 0.25) is 0 Å². The fourth-order valence-electron chi connectivity index (χ4n) is 1.86. The Morgan fingerprint density at radius 2 is 1.85 bits per heavy atom. The van der Waals surface area contributed by atoms with Gasteiger partial charge in [-0.1, -0.05) is 46.3 Å². The topological polar surface area (TPSA) is 35.5 Å². The zero-order valence-electron chi connectivity index (χ0n) is 11.3. The molecule has 0 aliphatic heterocycles. The Morgan fingerprint density at radius 1 is 1.15 bits per heavy atom. The van der Waals surface area contributed by atoms with Gasteiger partial charge in [0.25, 0.3) is 0 Å². The highest BCUT2D eigenvalue weighted by Crippen LogP contribution is 2.28. The number of esters is 1. The van der Waals surface area contributed by atoms with Crippen molar-refractivity contribution in [1.29, 1.82) is 0 Å². The zero-order chi connectivity index (χ0) is 14.5. The summed E-state index contributed by atoms with van der Waals surface area (Å²) >= 11 is 3.34. The molecule has 1 unspecified atom stereocenters. The monoisotopic (exact) mass is 334 g/mol. The number of methoxy groups -OCH3 is 1. The highest BCUT2D eigenvalue weighted by atomic mass is 79.9. The lowest BCUT2D eigenvalue weighted by atomic mass is 10.1. The molecule has 0 saturated heterocycles. The lowest BCUT2D eigenvalue weighted by Gasteiger charge is -2.17. The minimum atomic E-state index is -0.415. The molecule has 0 aliphatic rings. The van der Waals surface area contributed by atoms with Crippen LogP contribution in [0.1, 0.15) is 28.9 Å². The van der Waals surface area contributed by atoms with Crippen LogP contribution in [0.3, 0.4) is 0 Å².